The second-order valence-corrected chi connectivity index (χ2v) is 11.5. The minimum absolute atomic E-state index is 0.113. The standard InChI is InChI=1S/C26H32Br2N4O/c1-17-12-19-2-3-20-15-21(27)16-30-25(20)26(24(19)22(28)13-17)32-10-8-31(9-11-32)23(33)14-18-4-6-29-7-5-18/h12-13,15-16,18,26,29H,2-11,14H2,1H3. The SMILES string of the molecule is Cc1cc(Br)c2c(c1)CCc1cc(Br)cnc1C2N1CCN(C(=O)CC2CCNCC2)CC1. The number of carbonyl (C=O) groups excluding carboxylic acids is 1. The largest absolute Gasteiger partial charge is 0.340 e. The summed E-state index contributed by atoms with van der Waals surface area (Å²) in [6.45, 7) is 7.60. The van der Waals surface area contributed by atoms with Crippen molar-refractivity contribution in [3.05, 3.63) is 61.3 Å². The third-order valence-corrected chi connectivity index (χ3v) is 8.57. The number of hydrogen-bond acceptors (Lipinski definition) is 4. The van der Waals surface area contributed by atoms with Gasteiger partial charge in [-0.2, -0.15) is 0 Å². The Bertz CT molecular complexity index is 1030. The van der Waals surface area contributed by atoms with Gasteiger partial charge in [0.1, 0.15) is 0 Å². The van der Waals surface area contributed by atoms with Crippen molar-refractivity contribution in [1.29, 1.82) is 0 Å². The topological polar surface area (TPSA) is 48.5 Å². The lowest BCUT2D eigenvalue weighted by Crippen LogP contribution is -2.50. The maximum absolute atomic E-state index is 13.0. The molecule has 176 valence electrons. The maximum Gasteiger partial charge on any atom is 0.222 e. The van der Waals surface area contributed by atoms with Gasteiger partial charge in [0.15, 0.2) is 0 Å². The van der Waals surface area contributed by atoms with Gasteiger partial charge in [0.2, 0.25) is 5.91 Å². The Morgan fingerprint density at radius 3 is 2.55 bits per heavy atom. The van der Waals surface area contributed by atoms with Gasteiger partial charge in [-0.05, 0) is 102 Å². The summed E-state index contributed by atoms with van der Waals surface area (Å²) in [7, 11) is 0. The summed E-state index contributed by atoms with van der Waals surface area (Å²) in [6, 6.07) is 6.92. The molecule has 0 spiro atoms. The van der Waals surface area contributed by atoms with Crippen molar-refractivity contribution < 1.29 is 4.79 Å². The van der Waals surface area contributed by atoms with Gasteiger partial charge in [-0.15, -0.1) is 0 Å². The van der Waals surface area contributed by atoms with E-state index >= 15 is 0 Å². The normalized spacial score (nSPS) is 21.9. The molecule has 2 aromatic rings. The maximum atomic E-state index is 13.0. The number of amides is 1. The number of aromatic nitrogens is 1. The van der Waals surface area contributed by atoms with Crippen LogP contribution < -0.4 is 5.32 Å². The molecule has 5 nitrogen and oxygen atoms in total. The molecule has 1 amide bonds. The second-order valence-electron chi connectivity index (χ2n) is 9.73. The molecule has 33 heavy (non-hydrogen) atoms. The summed E-state index contributed by atoms with van der Waals surface area (Å²) in [5.74, 6) is 0.876. The molecule has 1 aromatic carbocycles. The highest BCUT2D eigenvalue weighted by Crippen LogP contribution is 2.41. The van der Waals surface area contributed by atoms with E-state index in [0.29, 0.717) is 18.2 Å². The Kier molecular flexibility index (Phi) is 7.21. The molecule has 1 aliphatic carbocycles. The lowest BCUT2D eigenvalue weighted by Gasteiger charge is -2.40. The molecule has 7 heteroatoms. The number of nitrogens with one attached hydrogen (secondary N) is 1. The van der Waals surface area contributed by atoms with Crippen molar-refractivity contribution in [2.24, 2.45) is 5.92 Å². The highest BCUT2D eigenvalue weighted by atomic mass is 79.9. The van der Waals surface area contributed by atoms with E-state index in [1.54, 1.807) is 0 Å². The van der Waals surface area contributed by atoms with E-state index in [-0.39, 0.29) is 6.04 Å². The first kappa shape index (κ1) is 23.5. The Morgan fingerprint density at radius 2 is 1.79 bits per heavy atom. The molecular weight excluding hydrogens is 544 g/mol. The van der Waals surface area contributed by atoms with Gasteiger partial charge in [0.25, 0.3) is 0 Å². The van der Waals surface area contributed by atoms with E-state index in [1.165, 1.54) is 26.7 Å². The summed E-state index contributed by atoms with van der Waals surface area (Å²) < 4.78 is 2.21. The molecule has 1 N–H and O–H groups in total. The number of halogens is 2. The van der Waals surface area contributed by atoms with Crippen LogP contribution in [0.5, 0.6) is 0 Å². The molecule has 3 aliphatic rings. The van der Waals surface area contributed by atoms with E-state index in [0.717, 1.165) is 75.1 Å². The Balaban J connectivity index is 1.38. The molecule has 0 radical (unpaired) electrons. The number of pyridine rings is 1. The van der Waals surface area contributed by atoms with Crippen molar-refractivity contribution in [2.75, 3.05) is 39.3 Å². The fourth-order valence-electron chi connectivity index (χ4n) is 5.73. The number of fused-ring (bicyclic) bond motifs is 2. The quantitative estimate of drug-likeness (QED) is 0.579. The molecular formula is C26H32Br2N4O. The van der Waals surface area contributed by atoms with Crippen LogP contribution in [0.4, 0.5) is 0 Å². The zero-order chi connectivity index (χ0) is 22.9. The van der Waals surface area contributed by atoms with Crippen LogP contribution in [0.2, 0.25) is 0 Å². The van der Waals surface area contributed by atoms with Crippen LogP contribution in [0.3, 0.4) is 0 Å². The molecule has 0 saturated carbocycles. The molecule has 5 rings (SSSR count). The molecule has 0 bridgehead atoms. The predicted molar refractivity (Wildman–Crippen MR) is 138 cm³/mol. The van der Waals surface area contributed by atoms with Crippen LogP contribution >= 0.6 is 31.9 Å². The van der Waals surface area contributed by atoms with Crippen molar-refractivity contribution in [3.8, 4) is 0 Å². The van der Waals surface area contributed by atoms with Crippen LogP contribution in [0.25, 0.3) is 0 Å². The molecule has 1 aromatic heterocycles. The number of carbonyl (C=O) groups is 1. The number of hydrogen-bond donors (Lipinski definition) is 1. The monoisotopic (exact) mass is 574 g/mol. The molecule has 2 fully saturated rings. The fourth-order valence-corrected chi connectivity index (χ4v) is 6.94. The second kappa shape index (κ2) is 10.1. The first-order chi connectivity index (χ1) is 16.0. The third kappa shape index (κ3) is 5.07. The van der Waals surface area contributed by atoms with E-state index in [1.807, 2.05) is 6.20 Å². The van der Waals surface area contributed by atoms with Crippen LogP contribution in [0, 0.1) is 12.8 Å². The minimum atomic E-state index is 0.113. The van der Waals surface area contributed by atoms with Crippen molar-refractivity contribution in [3.63, 3.8) is 0 Å². The number of piperazine rings is 1. The van der Waals surface area contributed by atoms with Crippen molar-refractivity contribution in [2.45, 2.75) is 45.1 Å². The van der Waals surface area contributed by atoms with Gasteiger partial charge in [-0.3, -0.25) is 14.7 Å². The molecule has 3 heterocycles. The van der Waals surface area contributed by atoms with E-state index < -0.39 is 0 Å². The molecule has 1 unspecified atom stereocenters. The number of nitrogens with zero attached hydrogens (tertiary/aromatic N) is 3. The lowest BCUT2D eigenvalue weighted by molar-refractivity contribution is -0.134. The average Bonchev–Trinajstić information content (AvgIpc) is 2.96. The van der Waals surface area contributed by atoms with Crippen molar-refractivity contribution >= 4 is 37.8 Å². The third-order valence-electron chi connectivity index (χ3n) is 7.48. The summed E-state index contributed by atoms with van der Waals surface area (Å²) in [5.41, 5.74) is 6.53. The first-order valence-electron chi connectivity index (χ1n) is 12.2. The summed E-state index contributed by atoms with van der Waals surface area (Å²) in [5, 5.41) is 3.40. The lowest BCUT2D eigenvalue weighted by atomic mass is 9.93. The highest BCUT2D eigenvalue weighted by molar-refractivity contribution is 9.10. The number of benzene rings is 1. The smallest absolute Gasteiger partial charge is 0.222 e. The average molecular weight is 576 g/mol. The number of aryl methyl sites for hydroxylation is 3. The van der Waals surface area contributed by atoms with Gasteiger partial charge in [0.05, 0.1) is 11.7 Å². The molecule has 2 saturated heterocycles. The number of piperidine rings is 1. The highest BCUT2D eigenvalue weighted by Gasteiger charge is 2.35. The fraction of sp³-hybridized carbons (Fsp3) is 0.538. The summed E-state index contributed by atoms with van der Waals surface area (Å²) >= 11 is 7.52. The van der Waals surface area contributed by atoms with Crippen LogP contribution in [0.1, 0.15) is 53.3 Å². The predicted octanol–water partition coefficient (Wildman–Crippen LogP) is 4.64. The van der Waals surface area contributed by atoms with Crippen LogP contribution in [-0.4, -0.2) is 60.0 Å². The first-order valence-corrected chi connectivity index (χ1v) is 13.7. The summed E-state index contributed by atoms with van der Waals surface area (Å²) in [6.07, 6.45) is 6.89. The van der Waals surface area contributed by atoms with Gasteiger partial charge in [-0.25, -0.2) is 0 Å². The van der Waals surface area contributed by atoms with Crippen molar-refractivity contribution in [1.82, 2.24) is 20.1 Å². The zero-order valence-electron chi connectivity index (χ0n) is 19.2. The van der Waals surface area contributed by atoms with Gasteiger partial charge in [-0.1, -0.05) is 22.0 Å². The van der Waals surface area contributed by atoms with Gasteiger partial charge >= 0.3 is 0 Å². The Hall–Kier alpha value is -1.28. The van der Waals surface area contributed by atoms with Gasteiger partial charge < -0.3 is 10.2 Å². The molecule has 1 atom stereocenters. The Labute approximate surface area is 213 Å². The van der Waals surface area contributed by atoms with E-state index in [2.05, 4.69) is 72.1 Å². The minimum Gasteiger partial charge on any atom is -0.340 e. The van der Waals surface area contributed by atoms with Crippen LogP contribution in [0.15, 0.2) is 33.3 Å². The van der Waals surface area contributed by atoms with E-state index in [4.69, 9.17) is 4.98 Å². The zero-order valence-corrected chi connectivity index (χ0v) is 22.4. The van der Waals surface area contributed by atoms with Gasteiger partial charge in [0, 0.05) is 47.7 Å². The van der Waals surface area contributed by atoms with Crippen LogP contribution in [-0.2, 0) is 17.6 Å². The summed E-state index contributed by atoms with van der Waals surface area (Å²) in [4.78, 5) is 22.6. The number of rotatable bonds is 3. The molecule has 2 aliphatic heterocycles. The van der Waals surface area contributed by atoms with E-state index in [9.17, 15) is 4.79 Å². The Morgan fingerprint density at radius 1 is 1.06 bits per heavy atom.